The highest BCUT2D eigenvalue weighted by molar-refractivity contribution is 6.60. The van der Waals surface area contributed by atoms with Gasteiger partial charge < -0.3 is 18.0 Å². The van der Waals surface area contributed by atoms with Crippen molar-refractivity contribution in [3.63, 3.8) is 0 Å². The quantitative estimate of drug-likeness (QED) is 0.357. The van der Waals surface area contributed by atoms with E-state index in [1.165, 1.54) is 0 Å². The molecule has 0 unspecified atom stereocenters. The molecule has 0 aliphatic carbocycles. The average molecular weight is 248 g/mol. The molecule has 0 heterocycles. The maximum atomic E-state index is 5.35. The Hall–Kier alpha value is -0.363. The van der Waals surface area contributed by atoms with Crippen LogP contribution in [-0.2, 0) is 18.0 Å². The summed E-state index contributed by atoms with van der Waals surface area (Å²) in [6.45, 7) is 4.88. The lowest BCUT2D eigenvalue weighted by atomic mass is 10.2. The predicted molar refractivity (Wildman–Crippen MR) is 66.1 cm³/mol. The summed E-state index contributed by atoms with van der Waals surface area (Å²) in [4.78, 5) is 0. The SMILES string of the molecule is CO[Si](CCCOC=CC(C)C)(OC)OC. The van der Waals surface area contributed by atoms with Gasteiger partial charge in [0.1, 0.15) is 0 Å². The van der Waals surface area contributed by atoms with Crippen molar-refractivity contribution in [3.8, 4) is 0 Å². The van der Waals surface area contributed by atoms with Crippen LogP contribution in [0.5, 0.6) is 0 Å². The van der Waals surface area contributed by atoms with Crippen LogP contribution in [-0.4, -0.2) is 36.7 Å². The second kappa shape index (κ2) is 8.75. The zero-order valence-corrected chi connectivity index (χ0v) is 12.0. The summed E-state index contributed by atoms with van der Waals surface area (Å²) in [6.07, 6.45) is 4.64. The summed E-state index contributed by atoms with van der Waals surface area (Å²) in [5.41, 5.74) is 0. The van der Waals surface area contributed by atoms with Crippen molar-refractivity contribution >= 4 is 8.80 Å². The van der Waals surface area contributed by atoms with Crippen LogP contribution in [0.4, 0.5) is 0 Å². The number of hydrogen-bond donors (Lipinski definition) is 0. The van der Waals surface area contributed by atoms with Gasteiger partial charge in [0.25, 0.3) is 0 Å². The highest BCUT2D eigenvalue weighted by Gasteiger charge is 2.36. The third-order valence-corrected chi connectivity index (χ3v) is 5.07. The van der Waals surface area contributed by atoms with E-state index in [0.717, 1.165) is 12.5 Å². The van der Waals surface area contributed by atoms with E-state index in [0.29, 0.717) is 12.5 Å². The largest absolute Gasteiger partial charge is 0.502 e. The maximum absolute atomic E-state index is 5.35. The monoisotopic (exact) mass is 248 g/mol. The normalized spacial score (nSPS) is 12.6. The Morgan fingerprint density at radius 3 is 2.06 bits per heavy atom. The number of hydrogen-bond acceptors (Lipinski definition) is 4. The Labute approximate surface area is 99.9 Å². The Morgan fingerprint density at radius 2 is 1.62 bits per heavy atom. The van der Waals surface area contributed by atoms with Gasteiger partial charge in [-0.2, -0.15) is 0 Å². The second-order valence-electron chi connectivity index (χ2n) is 3.84. The van der Waals surface area contributed by atoms with E-state index in [-0.39, 0.29) is 0 Å². The van der Waals surface area contributed by atoms with E-state index in [1.54, 1.807) is 27.6 Å². The van der Waals surface area contributed by atoms with Crippen molar-refractivity contribution in [3.05, 3.63) is 12.3 Å². The molecule has 0 saturated heterocycles. The Bertz CT molecular complexity index is 182. The van der Waals surface area contributed by atoms with Crippen molar-refractivity contribution < 1.29 is 18.0 Å². The molecule has 0 rings (SSSR count). The number of allylic oxidation sites excluding steroid dienone is 1. The van der Waals surface area contributed by atoms with E-state index >= 15 is 0 Å². The fourth-order valence-corrected chi connectivity index (χ4v) is 2.90. The fraction of sp³-hybridized carbons (Fsp3) is 0.818. The fourth-order valence-electron chi connectivity index (χ4n) is 1.21. The van der Waals surface area contributed by atoms with Crippen LogP contribution >= 0.6 is 0 Å². The van der Waals surface area contributed by atoms with E-state index in [4.69, 9.17) is 18.0 Å². The highest BCUT2D eigenvalue weighted by Crippen LogP contribution is 2.14. The molecule has 0 aliphatic heterocycles. The summed E-state index contributed by atoms with van der Waals surface area (Å²) in [6, 6.07) is 0.770. The highest BCUT2D eigenvalue weighted by atomic mass is 28.4. The molecule has 0 atom stereocenters. The minimum Gasteiger partial charge on any atom is -0.502 e. The molecule has 0 spiro atoms. The number of rotatable bonds is 9. The van der Waals surface area contributed by atoms with Gasteiger partial charge in [0.15, 0.2) is 0 Å². The lowest BCUT2D eigenvalue weighted by Crippen LogP contribution is -2.42. The van der Waals surface area contributed by atoms with Gasteiger partial charge >= 0.3 is 8.80 Å². The molecule has 96 valence electrons. The van der Waals surface area contributed by atoms with Gasteiger partial charge in [0.05, 0.1) is 12.9 Å². The minimum absolute atomic E-state index is 0.519. The summed E-state index contributed by atoms with van der Waals surface area (Å²) in [5, 5.41) is 0. The maximum Gasteiger partial charge on any atom is 0.500 e. The molecule has 0 amide bonds. The van der Waals surface area contributed by atoms with Gasteiger partial charge in [-0.25, -0.2) is 0 Å². The first-order chi connectivity index (χ1) is 7.60. The first kappa shape index (κ1) is 15.6. The van der Waals surface area contributed by atoms with Gasteiger partial charge in [-0.3, -0.25) is 0 Å². The molecule has 0 radical (unpaired) electrons. The molecule has 0 saturated carbocycles. The molecule has 0 aromatic carbocycles. The van der Waals surface area contributed by atoms with Crippen molar-refractivity contribution in [1.29, 1.82) is 0 Å². The van der Waals surface area contributed by atoms with Crippen molar-refractivity contribution in [2.45, 2.75) is 26.3 Å². The summed E-state index contributed by atoms with van der Waals surface area (Å²) in [5.74, 6) is 0.519. The number of ether oxygens (including phenoxy) is 1. The minimum atomic E-state index is -2.40. The molecule has 0 N–H and O–H groups in total. The van der Waals surface area contributed by atoms with Crippen LogP contribution in [0, 0.1) is 5.92 Å². The zero-order valence-electron chi connectivity index (χ0n) is 11.0. The van der Waals surface area contributed by atoms with Gasteiger partial charge in [-0.05, 0) is 18.4 Å². The first-order valence-corrected chi connectivity index (χ1v) is 7.47. The van der Waals surface area contributed by atoms with Gasteiger partial charge in [-0.15, -0.1) is 0 Å². The second-order valence-corrected chi connectivity index (χ2v) is 6.93. The molecule has 4 nitrogen and oxygen atoms in total. The van der Waals surface area contributed by atoms with Crippen LogP contribution in [0.15, 0.2) is 12.3 Å². The lowest BCUT2D eigenvalue weighted by Gasteiger charge is -2.23. The molecule has 0 aromatic heterocycles. The van der Waals surface area contributed by atoms with Crippen LogP contribution in [0.3, 0.4) is 0 Å². The van der Waals surface area contributed by atoms with Crippen molar-refractivity contribution in [1.82, 2.24) is 0 Å². The first-order valence-electron chi connectivity index (χ1n) is 5.54. The molecular weight excluding hydrogens is 224 g/mol. The molecule has 5 heteroatoms. The van der Waals surface area contributed by atoms with Gasteiger partial charge in [0, 0.05) is 27.4 Å². The summed E-state index contributed by atoms with van der Waals surface area (Å²) < 4.78 is 21.3. The van der Waals surface area contributed by atoms with E-state index < -0.39 is 8.80 Å². The summed E-state index contributed by atoms with van der Waals surface area (Å²) in [7, 11) is 2.47. The molecule has 0 aromatic rings. The third kappa shape index (κ3) is 6.27. The summed E-state index contributed by atoms with van der Waals surface area (Å²) >= 11 is 0. The third-order valence-electron chi connectivity index (χ3n) is 2.24. The van der Waals surface area contributed by atoms with Crippen molar-refractivity contribution in [2.75, 3.05) is 27.9 Å². The van der Waals surface area contributed by atoms with E-state index in [1.807, 2.05) is 6.08 Å². The molecule has 0 bridgehead atoms. The molecular formula is C11H24O4Si. The van der Waals surface area contributed by atoms with Gasteiger partial charge in [-0.1, -0.05) is 13.8 Å². The Balaban J connectivity index is 3.71. The standard InChI is InChI=1S/C11H24O4Si/c1-11(2)7-9-15-8-6-10-16(12-3,13-4)14-5/h7,9,11H,6,8,10H2,1-5H3. The Kier molecular flexibility index (Phi) is 8.55. The molecule has 16 heavy (non-hydrogen) atoms. The predicted octanol–water partition coefficient (Wildman–Crippen LogP) is 2.44. The topological polar surface area (TPSA) is 36.9 Å². The van der Waals surface area contributed by atoms with E-state index in [9.17, 15) is 0 Å². The van der Waals surface area contributed by atoms with Crippen LogP contribution in [0.25, 0.3) is 0 Å². The molecule has 0 aliphatic rings. The van der Waals surface area contributed by atoms with Crippen LogP contribution in [0.1, 0.15) is 20.3 Å². The average Bonchev–Trinajstić information content (AvgIpc) is 2.29. The Morgan fingerprint density at radius 1 is 1.06 bits per heavy atom. The van der Waals surface area contributed by atoms with Crippen LogP contribution in [0.2, 0.25) is 6.04 Å². The van der Waals surface area contributed by atoms with Crippen LogP contribution < -0.4 is 0 Å². The zero-order chi connectivity index (χ0) is 12.4. The van der Waals surface area contributed by atoms with Crippen molar-refractivity contribution in [2.24, 2.45) is 5.92 Å². The smallest absolute Gasteiger partial charge is 0.500 e. The molecule has 0 fully saturated rings. The lowest BCUT2D eigenvalue weighted by molar-refractivity contribution is 0.119. The van der Waals surface area contributed by atoms with E-state index in [2.05, 4.69) is 13.8 Å². The van der Waals surface area contributed by atoms with Gasteiger partial charge in [0.2, 0.25) is 0 Å².